The van der Waals surface area contributed by atoms with Crippen LogP contribution in [0.4, 0.5) is 13.2 Å². The number of hydrogen-bond acceptors (Lipinski definition) is 1. The van der Waals surface area contributed by atoms with Crippen molar-refractivity contribution in [1.29, 1.82) is 0 Å². The Kier molecular flexibility index (Phi) is 3.68. The Bertz CT molecular complexity index is 1160. The number of carbonyl (C=O) groups excluding carboxylic acids is 1. The Balaban J connectivity index is 2.11. The monoisotopic (exact) mass is 354 g/mol. The Hall–Kier alpha value is -3.28. The summed E-state index contributed by atoms with van der Waals surface area (Å²) in [4.78, 5) is 11.8. The van der Waals surface area contributed by atoms with Crippen LogP contribution in [0, 0.1) is 17.5 Å². The minimum Gasteiger partial charge on any atom is -0.366 e. The number of benzene rings is 3. The fourth-order valence-corrected chi connectivity index (χ4v) is 3.37. The summed E-state index contributed by atoms with van der Waals surface area (Å²) in [5.74, 6) is -2.65. The molecule has 0 aliphatic rings. The van der Waals surface area contributed by atoms with E-state index in [1.54, 1.807) is 24.3 Å². The van der Waals surface area contributed by atoms with Gasteiger partial charge in [-0.05, 0) is 30.3 Å². The molecule has 1 heterocycles. The number of hydrogen-bond donors (Lipinski definition) is 1. The highest BCUT2D eigenvalue weighted by molar-refractivity contribution is 6.17. The van der Waals surface area contributed by atoms with Crippen molar-refractivity contribution in [2.45, 2.75) is 6.54 Å². The predicted molar refractivity (Wildman–Crippen MR) is 93.4 cm³/mol. The van der Waals surface area contributed by atoms with Crippen molar-refractivity contribution in [2.24, 2.45) is 5.73 Å². The number of halogens is 3. The van der Waals surface area contributed by atoms with Gasteiger partial charge < -0.3 is 10.3 Å². The summed E-state index contributed by atoms with van der Waals surface area (Å²) in [5, 5.41) is 0.928. The number of rotatable bonds is 3. The summed E-state index contributed by atoms with van der Waals surface area (Å²) in [6, 6.07) is 12.8. The number of primary amides is 1. The summed E-state index contributed by atoms with van der Waals surface area (Å²) in [6.45, 7) is -0.221. The third kappa shape index (κ3) is 2.34. The lowest BCUT2D eigenvalue weighted by atomic mass is 10.1. The van der Waals surface area contributed by atoms with Crippen LogP contribution in [0.2, 0.25) is 0 Å². The van der Waals surface area contributed by atoms with Crippen LogP contribution in [0.25, 0.3) is 21.8 Å². The number of carbonyl (C=O) groups is 1. The maximum atomic E-state index is 14.6. The third-order valence-corrected chi connectivity index (χ3v) is 4.50. The first-order valence-electron chi connectivity index (χ1n) is 7.91. The minimum absolute atomic E-state index is 0.166. The van der Waals surface area contributed by atoms with Crippen molar-refractivity contribution in [2.75, 3.05) is 0 Å². The van der Waals surface area contributed by atoms with E-state index in [0.717, 1.165) is 12.1 Å². The maximum absolute atomic E-state index is 14.6. The Morgan fingerprint density at radius 1 is 0.885 bits per heavy atom. The van der Waals surface area contributed by atoms with Gasteiger partial charge in [0.15, 0.2) is 0 Å². The maximum Gasteiger partial charge on any atom is 0.249 e. The molecule has 3 aromatic carbocycles. The molecule has 0 atom stereocenters. The Labute approximate surface area is 146 Å². The zero-order chi connectivity index (χ0) is 18.4. The molecular formula is C20H13F3N2O. The molecule has 130 valence electrons. The van der Waals surface area contributed by atoms with E-state index in [-0.39, 0.29) is 23.2 Å². The van der Waals surface area contributed by atoms with E-state index in [0.29, 0.717) is 16.3 Å². The largest absolute Gasteiger partial charge is 0.366 e. The number of nitrogens with zero attached hydrogens (tertiary/aromatic N) is 1. The molecule has 1 amide bonds. The zero-order valence-electron chi connectivity index (χ0n) is 13.5. The van der Waals surface area contributed by atoms with E-state index in [4.69, 9.17) is 5.73 Å². The third-order valence-electron chi connectivity index (χ3n) is 4.50. The van der Waals surface area contributed by atoms with Crippen LogP contribution in [0.5, 0.6) is 0 Å². The predicted octanol–water partition coefficient (Wildman–Crippen LogP) is 4.36. The second-order valence-corrected chi connectivity index (χ2v) is 5.99. The highest BCUT2D eigenvalue weighted by Crippen LogP contribution is 2.34. The first kappa shape index (κ1) is 16.2. The number of nitrogens with two attached hydrogens (primary N) is 1. The molecule has 0 unspecified atom stereocenters. The van der Waals surface area contributed by atoms with Gasteiger partial charge in [-0.1, -0.05) is 24.3 Å². The molecular weight excluding hydrogens is 341 g/mol. The Morgan fingerprint density at radius 3 is 2.19 bits per heavy atom. The van der Waals surface area contributed by atoms with Crippen LogP contribution >= 0.6 is 0 Å². The molecule has 1 aromatic heterocycles. The first-order chi connectivity index (χ1) is 12.5. The van der Waals surface area contributed by atoms with Gasteiger partial charge in [0, 0.05) is 21.9 Å². The zero-order valence-corrected chi connectivity index (χ0v) is 13.5. The van der Waals surface area contributed by atoms with Gasteiger partial charge >= 0.3 is 0 Å². The lowest BCUT2D eigenvalue weighted by molar-refractivity contribution is 0.100. The number of fused-ring (bicyclic) bond motifs is 3. The standard InChI is InChI=1S/C20H13F3N2O/c21-14-6-3-7-15(22)13(14)10-25-17-9-2-5-12(20(24)26)18(17)11-4-1-8-16(23)19(11)25/h1-9H,10H2,(H2,24,26). The van der Waals surface area contributed by atoms with Gasteiger partial charge in [-0.3, -0.25) is 4.79 Å². The highest BCUT2D eigenvalue weighted by atomic mass is 19.1. The molecule has 0 saturated carbocycles. The van der Waals surface area contributed by atoms with Gasteiger partial charge in [0.2, 0.25) is 5.91 Å². The summed E-state index contributed by atoms with van der Waals surface area (Å²) in [6.07, 6.45) is 0. The SMILES string of the molecule is NC(=O)c1cccc2c1c1cccc(F)c1n2Cc1c(F)cccc1F. The average Bonchev–Trinajstić information content (AvgIpc) is 2.93. The van der Waals surface area contributed by atoms with Crippen molar-refractivity contribution >= 4 is 27.7 Å². The average molecular weight is 354 g/mol. The highest BCUT2D eigenvalue weighted by Gasteiger charge is 2.20. The lowest BCUT2D eigenvalue weighted by Gasteiger charge is -2.10. The van der Waals surface area contributed by atoms with Gasteiger partial charge in [0.1, 0.15) is 17.5 Å². The van der Waals surface area contributed by atoms with Crippen molar-refractivity contribution in [3.63, 3.8) is 0 Å². The van der Waals surface area contributed by atoms with Crippen LogP contribution in [0.15, 0.2) is 54.6 Å². The second kappa shape index (κ2) is 5.91. The van der Waals surface area contributed by atoms with Crippen molar-refractivity contribution < 1.29 is 18.0 Å². The molecule has 3 nitrogen and oxygen atoms in total. The van der Waals surface area contributed by atoms with E-state index in [2.05, 4.69) is 0 Å². The van der Waals surface area contributed by atoms with Crippen LogP contribution in [-0.4, -0.2) is 10.5 Å². The molecule has 0 saturated heterocycles. The summed E-state index contributed by atoms with van der Waals surface area (Å²) in [7, 11) is 0. The normalized spacial score (nSPS) is 11.3. The minimum atomic E-state index is -0.720. The summed E-state index contributed by atoms with van der Waals surface area (Å²) >= 11 is 0. The first-order valence-corrected chi connectivity index (χ1v) is 7.91. The Morgan fingerprint density at radius 2 is 1.50 bits per heavy atom. The van der Waals surface area contributed by atoms with E-state index >= 15 is 0 Å². The number of aromatic nitrogens is 1. The van der Waals surface area contributed by atoms with E-state index in [1.165, 1.54) is 22.8 Å². The van der Waals surface area contributed by atoms with Crippen molar-refractivity contribution in [3.05, 3.63) is 83.2 Å². The van der Waals surface area contributed by atoms with Gasteiger partial charge in [-0.15, -0.1) is 0 Å². The second-order valence-electron chi connectivity index (χ2n) is 5.99. The van der Waals surface area contributed by atoms with E-state index in [9.17, 15) is 18.0 Å². The molecule has 0 fully saturated rings. The number of para-hydroxylation sites is 1. The topological polar surface area (TPSA) is 48.0 Å². The smallest absolute Gasteiger partial charge is 0.249 e. The van der Waals surface area contributed by atoms with Gasteiger partial charge in [0.05, 0.1) is 17.6 Å². The molecule has 4 rings (SSSR count). The lowest BCUT2D eigenvalue weighted by Crippen LogP contribution is -2.11. The summed E-state index contributed by atoms with van der Waals surface area (Å²) in [5.41, 5.74) is 6.14. The van der Waals surface area contributed by atoms with Crippen molar-refractivity contribution in [3.8, 4) is 0 Å². The molecule has 0 bridgehead atoms. The number of amides is 1. The molecule has 0 aliphatic heterocycles. The van der Waals surface area contributed by atoms with E-state index < -0.39 is 23.4 Å². The fraction of sp³-hybridized carbons (Fsp3) is 0.0500. The fourth-order valence-electron chi connectivity index (χ4n) is 3.37. The molecule has 0 spiro atoms. The van der Waals surface area contributed by atoms with Crippen LogP contribution < -0.4 is 5.73 Å². The van der Waals surface area contributed by atoms with Crippen LogP contribution in [0.1, 0.15) is 15.9 Å². The van der Waals surface area contributed by atoms with Crippen LogP contribution in [0.3, 0.4) is 0 Å². The summed E-state index contributed by atoms with van der Waals surface area (Å²) < 4.78 is 44.3. The molecule has 0 aliphatic carbocycles. The van der Waals surface area contributed by atoms with Gasteiger partial charge in [-0.2, -0.15) is 0 Å². The van der Waals surface area contributed by atoms with Gasteiger partial charge in [-0.25, -0.2) is 13.2 Å². The van der Waals surface area contributed by atoms with E-state index in [1.807, 2.05) is 0 Å². The van der Waals surface area contributed by atoms with Crippen LogP contribution in [-0.2, 0) is 6.54 Å². The molecule has 2 N–H and O–H groups in total. The molecule has 26 heavy (non-hydrogen) atoms. The molecule has 0 radical (unpaired) electrons. The van der Waals surface area contributed by atoms with Gasteiger partial charge in [0.25, 0.3) is 0 Å². The molecule has 4 aromatic rings. The molecule has 6 heteroatoms. The quantitative estimate of drug-likeness (QED) is 0.584. The van der Waals surface area contributed by atoms with Crippen molar-refractivity contribution in [1.82, 2.24) is 4.57 Å².